The highest BCUT2D eigenvalue weighted by Crippen LogP contribution is 2.28. The van der Waals surface area contributed by atoms with Crippen LogP contribution in [0.3, 0.4) is 0 Å². The van der Waals surface area contributed by atoms with E-state index in [1.165, 1.54) is 12.1 Å². The van der Waals surface area contributed by atoms with Crippen LogP contribution in [-0.2, 0) is 15.7 Å². The molecule has 0 fully saturated rings. The summed E-state index contributed by atoms with van der Waals surface area (Å²) in [6.45, 7) is 1.76. The van der Waals surface area contributed by atoms with Gasteiger partial charge < -0.3 is 9.26 Å². The molecule has 0 aliphatic rings. The summed E-state index contributed by atoms with van der Waals surface area (Å²) < 4.78 is 32.7. The highest BCUT2D eigenvalue weighted by molar-refractivity contribution is 8.13. The number of aryl methyl sites for hydroxylation is 1. The second-order valence-electron chi connectivity index (χ2n) is 3.52. The molecule has 0 unspecified atom stereocenters. The van der Waals surface area contributed by atoms with Gasteiger partial charge in [0, 0.05) is 10.7 Å². The van der Waals surface area contributed by atoms with Crippen molar-refractivity contribution in [3.05, 3.63) is 36.0 Å². The molecule has 2 aromatic rings. The minimum absolute atomic E-state index is 0.00102. The van der Waals surface area contributed by atoms with Crippen LogP contribution >= 0.6 is 10.7 Å². The number of hydrogen-bond acceptors (Lipinski definition) is 6. The van der Waals surface area contributed by atoms with Crippen LogP contribution in [0.5, 0.6) is 5.75 Å². The number of halogens is 1. The van der Waals surface area contributed by atoms with Crippen molar-refractivity contribution in [2.75, 3.05) is 0 Å². The Morgan fingerprint density at radius 1 is 1.44 bits per heavy atom. The molecule has 6 nitrogen and oxygen atoms in total. The van der Waals surface area contributed by atoms with E-state index in [1.54, 1.807) is 13.0 Å². The van der Waals surface area contributed by atoms with Gasteiger partial charge in [-0.2, -0.15) is 4.98 Å². The monoisotopic (exact) mass is 288 g/mol. The fraction of sp³-hybridized carbons (Fsp3) is 0.200. The van der Waals surface area contributed by atoms with Crippen LogP contribution in [-0.4, -0.2) is 18.6 Å². The molecule has 18 heavy (non-hydrogen) atoms. The summed E-state index contributed by atoms with van der Waals surface area (Å²) in [6.07, 6.45) is 1.16. The summed E-state index contributed by atoms with van der Waals surface area (Å²) in [5.74, 6) is 0.467. The van der Waals surface area contributed by atoms with E-state index in [2.05, 4.69) is 14.7 Å². The van der Waals surface area contributed by atoms with Gasteiger partial charge in [-0.25, -0.2) is 8.42 Å². The highest BCUT2D eigenvalue weighted by Gasteiger charge is 2.17. The molecule has 0 atom stereocenters. The van der Waals surface area contributed by atoms with Gasteiger partial charge in [0.15, 0.2) is 6.61 Å². The standard InChI is InChI=1S/C10H9ClN2O4S/c1-7-2-3-8(9(4-7)18(11,14)15)16-5-10-12-6-17-13-10/h2-4,6H,5H2,1H3. The summed E-state index contributed by atoms with van der Waals surface area (Å²) in [6, 6.07) is 4.69. The van der Waals surface area contributed by atoms with Gasteiger partial charge in [0.2, 0.25) is 12.2 Å². The molecular weight excluding hydrogens is 280 g/mol. The smallest absolute Gasteiger partial charge is 0.264 e. The number of nitrogens with zero attached hydrogens (tertiary/aromatic N) is 2. The lowest BCUT2D eigenvalue weighted by Crippen LogP contribution is -2.02. The Morgan fingerprint density at radius 2 is 2.22 bits per heavy atom. The average Bonchev–Trinajstić information content (AvgIpc) is 2.79. The summed E-state index contributed by atoms with van der Waals surface area (Å²) in [5.41, 5.74) is 0.765. The first-order valence-corrected chi connectivity index (χ1v) is 7.21. The molecule has 2 rings (SSSR count). The molecule has 1 heterocycles. The van der Waals surface area contributed by atoms with Gasteiger partial charge in [0.1, 0.15) is 10.6 Å². The quantitative estimate of drug-likeness (QED) is 0.799. The Morgan fingerprint density at radius 3 is 2.83 bits per heavy atom. The zero-order valence-electron chi connectivity index (χ0n) is 9.33. The molecular formula is C10H9ClN2O4S. The molecule has 0 radical (unpaired) electrons. The Kier molecular flexibility index (Phi) is 3.53. The lowest BCUT2D eigenvalue weighted by molar-refractivity contribution is 0.279. The zero-order valence-corrected chi connectivity index (χ0v) is 10.9. The first-order valence-electron chi connectivity index (χ1n) is 4.90. The van der Waals surface area contributed by atoms with Crippen molar-refractivity contribution in [1.82, 2.24) is 10.1 Å². The molecule has 0 aliphatic carbocycles. The van der Waals surface area contributed by atoms with Crippen molar-refractivity contribution in [3.63, 3.8) is 0 Å². The minimum atomic E-state index is -3.86. The number of rotatable bonds is 4. The van der Waals surface area contributed by atoms with Crippen molar-refractivity contribution in [2.24, 2.45) is 0 Å². The van der Waals surface area contributed by atoms with Gasteiger partial charge in [0.05, 0.1) is 0 Å². The largest absolute Gasteiger partial charge is 0.484 e. The maximum atomic E-state index is 11.4. The molecule has 1 aromatic carbocycles. The number of benzene rings is 1. The molecule has 0 spiro atoms. The van der Waals surface area contributed by atoms with E-state index in [-0.39, 0.29) is 17.3 Å². The lowest BCUT2D eigenvalue weighted by atomic mass is 10.2. The second kappa shape index (κ2) is 4.95. The van der Waals surface area contributed by atoms with Gasteiger partial charge in [-0.05, 0) is 24.6 Å². The lowest BCUT2D eigenvalue weighted by Gasteiger charge is -2.08. The molecule has 0 amide bonds. The van der Waals surface area contributed by atoms with Crippen LogP contribution in [0.2, 0.25) is 0 Å². The maximum Gasteiger partial charge on any atom is 0.264 e. The van der Waals surface area contributed by atoms with E-state index >= 15 is 0 Å². The summed E-state index contributed by atoms with van der Waals surface area (Å²) in [7, 11) is 1.47. The summed E-state index contributed by atoms with van der Waals surface area (Å²) >= 11 is 0. The fourth-order valence-electron chi connectivity index (χ4n) is 1.32. The van der Waals surface area contributed by atoms with Crippen LogP contribution < -0.4 is 4.74 Å². The third-order valence-corrected chi connectivity index (χ3v) is 3.47. The van der Waals surface area contributed by atoms with E-state index in [0.717, 1.165) is 12.0 Å². The van der Waals surface area contributed by atoms with Crippen LogP contribution in [0, 0.1) is 6.92 Å². The molecule has 0 N–H and O–H groups in total. The van der Waals surface area contributed by atoms with Crippen LogP contribution in [0.4, 0.5) is 0 Å². The average molecular weight is 289 g/mol. The van der Waals surface area contributed by atoms with Gasteiger partial charge in [-0.15, -0.1) is 0 Å². The molecule has 8 heteroatoms. The van der Waals surface area contributed by atoms with E-state index in [1.807, 2.05) is 0 Å². The first kappa shape index (κ1) is 12.8. The number of hydrogen-bond donors (Lipinski definition) is 0. The van der Waals surface area contributed by atoms with Gasteiger partial charge >= 0.3 is 0 Å². The van der Waals surface area contributed by atoms with Crippen molar-refractivity contribution in [3.8, 4) is 5.75 Å². The molecule has 1 aromatic heterocycles. The van der Waals surface area contributed by atoms with Crippen molar-refractivity contribution >= 4 is 19.7 Å². The van der Waals surface area contributed by atoms with Crippen molar-refractivity contribution in [1.29, 1.82) is 0 Å². The van der Waals surface area contributed by atoms with Crippen LogP contribution in [0.15, 0.2) is 34.0 Å². The van der Waals surface area contributed by atoms with Crippen molar-refractivity contribution < 1.29 is 17.7 Å². The number of aromatic nitrogens is 2. The van der Waals surface area contributed by atoms with E-state index < -0.39 is 9.05 Å². The second-order valence-corrected chi connectivity index (χ2v) is 6.06. The van der Waals surface area contributed by atoms with E-state index in [9.17, 15) is 8.42 Å². The molecule has 0 bridgehead atoms. The predicted molar refractivity (Wildman–Crippen MR) is 62.8 cm³/mol. The minimum Gasteiger partial charge on any atom is -0.484 e. The Labute approximate surface area is 108 Å². The summed E-state index contributed by atoms with van der Waals surface area (Å²) in [5, 5.41) is 3.55. The first-order chi connectivity index (χ1) is 8.47. The van der Waals surface area contributed by atoms with Crippen LogP contribution in [0.25, 0.3) is 0 Å². The molecule has 0 saturated carbocycles. The Hall–Kier alpha value is -1.60. The topological polar surface area (TPSA) is 82.3 Å². The van der Waals surface area contributed by atoms with Gasteiger partial charge in [-0.1, -0.05) is 11.2 Å². The van der Waals surface area contributed by atoms with Gasteiger partial charge in [-0.3, -0.25) is 0 Å². The SMILES string of the molecule is Cc1ccc(OCc2ncon2)c(S(=O)(=O)Cl)c1. The molecule has 0 aliphatic heterocycles. The molecule has 0 saturated heterocycles. The normalized spacial score (nSPS) is 11.4. The van der Waals surface area contributed by atoms with Gasteiger partial charge in [0.25, 0.3) is 9.05 Å². The zero-order chi connectivity index (χ0) is 13.2. The highest BCUT2D eigenvalue weighted by atomic mass is 35.7. The van der Waals surface area contributed by atoms with E-state index in [0.29, 0.717) is 5.82 Å². The van der Waals surface area contributed by atoms with E-state index in [4.69, 9.17) is 15.4 Å². The number of ether oxygens (including phenoxy) is 1. The Bertz CT molecular complexity index is 640. The third kappa shape index (κ3) is 2.99. The summed E-state index contributed by atoms with van der Waals surface area (Å²) in [4.78, 5) is 3.68. The molecule has 96 valence electrons. The van der Waals surface area contributed by atoms with Crippen LogP contribution in [0.1, 0.15) is 11.4 Å². The fourth-order valence-corrected chi connectivity index (χ4v) is 2.38. The predicted octanol–water partition coefficient (Wildman–Crippen LogP) is 1.88. The maximum absolute atomic E-state index is 11.4. The Balaban J connectivity index is 2.27. The third-order valence-electron chi connectivity index (χ3n) is 2.13. The van der Waals surface area contributed by atoms with Crippen molar-refractivity contribution in [2.45, 2.75) is 18.4 Å².